The summed E-state index contributed by atoms with van der Waals surface area (Å²) < 4.78 is 16.4. The normalized spacial score (nSPS) is 12.8. The number of ether oxygens (including phenoxy) is 3. The second-order valence-electron chi connectivity index (χ2n) is 8.46. The number of carbonyl (C=O) groups is 2. The van der Waals surface area contributed by atoms with Crippen molar-refractivity contribution in [3.05, 3.63) is 108 Å². The van der Waals surface area contributed by atoms with E-state index in [2.05, 4.69) is 10.6 Å². The van der Waals surface area contributed by atoms with Gasteiger partial charge in [-0.15, -0.1) is 11.8 Å². The van der Waals surface area contributed by atoms with E-state index in [1.807, 2.05) is 54.6 Å². The molecule has 0 saturated carbocycles. The third-order valence-electron chi connectivity index (χ3n) is 5.87. The van der Waals surface area contributed by atoms with Gasteiger partial charge < -0.3 is 24.8 Å². The fourth-order valence-electron chi connectivity index (χ4n) is 3.93. The maximum atomic E-state index is 13.4. The lowest BCUT2D eigenvalue weighted by Gasteiger charge is -2.20. The van der Waals surface area contributed by atoms with Gasteiger partial charge in [-0.05, 0) is 66.2 Å². The van der Waals surface area contributed by atoms with Gasteiger partial charge in [-0.25, -0.2) is 0 Å². The number of rotatable bonds is 8. The van der Waals surface area contributed by atoms with Crippen LogP contribution in [0, 0.1) is 0 Å². The molecule has 0 aromatic heterocycles. The molecule has 1 heterocycles. The molecule has 0 aliphatic carbocycles. The molecule has 192 valence electrons. The third-order valence-corrected chi connectivity index (χ3v) is 7.13. The maximum absolute atomic E-state index is 13.4. The van der Waals surface area contributed by atoms with Crippen LogP contribution in [0.2, 0.25) is 0 Å². The minimum atomic E-state index is -0.496. The smallest absolute Gasteiger partial charge is 0.255 e. The molecular formula is C30H26N2O5S. The van der Waals surface area contributed by atoms with E-state index >= 15 is 0 Å². The summed E-state index contributed by atoms with van der Waals surface area (Å²) in [6.07, 6.45) is 0. The van der Waals surface area contributed by atoms with Crippen molar-refractivity contribution in [2.45, 2.75) is 10.1 Å². The van der Waals surface area contributed by atoms with Gasteiger partial charge in [0.25, 0.3) is 5.91 Å². The number of nitrogens with one attached hydrogen (secondary N) is 2. The molecule has 0 spiro atoms. The lowest BCUT2D eigenvalue weighted by atomic mass is 10.1. The maximum Gasteiger partial charge on any atom is 0.255 e. The van der Waals surface area contributed by atoms with Crippen LogP contribution in [-0.4, -0.2) is 32.1 Å². The molecule has 0 fully saturated rings. The Kier molecular flexibility index (Phi) is 7.80. The summed E-state index contributed by atoms with van der Waals surface area (Å²) in [5, 5.41) is 5.42. The van der Waals surface area contributed by atoms with Gasteiger partial charge in [0.1, 0.15) is 24.2 Å². The Morgan fingerprint density at radius 3 is 2.18 bits per heavy atom. The van der Waals surface area contributed by atoms with Gasteiger partial charge in [0.15, 0.2) is 11.5 Å². The highest BCUT2D eigenvalue weighted by Crippen LogP contribution is 2.38. The summed E-state index contributed by atoms with van der Waals surface area (Å²) in [5.41, 5.74) is 2.71. The fraction of sp³-hybridized carbons (Fsp3) is 0.133. The molecule has 1 aliphatic rings. The molecule has 8 heteroatoms. The Balaban J connectivity index is 1.28. The summed E-state index contributed by atoms with van der Waals surface area (Å²) in [7, 11) is 1.58. The standard InChI is InChI=1S/C30H26N2O5S/c1-35-24-12-7-21(8-13-24)29(33)31-22-9-14-25(15-10-22)38-28(20-5-3-2-4-6-20)30(34)32-23-11-16-26-27(19-23)37-18-17-36-26/h2-16,19,28H,17-18H2,1H3,(H,31,33)(H,32,34). The topological polar surface area (TPSA) is 85.9 Å². The van der Waals surface area contributed by atoms with E-state index < -0.39 is 5.25 Å². The molecule has 1 aliphatic heterocycles. The van der Waals surface area contributed by atoms with Gasteiger partial charge >= 0.3 is 0 Å². The summed E-state index contributed by atoms with van der Waals surface area (Å²) in [4.78, 5) is 26.9. The van der Waals surface area contributed by atoms with Crippen LogP contribution in [0.3, 0.4) is 0 Å². The van der Waals surface area contributed by atoms with Crippen molar-refractivity contribution in [2.75, 3.05) is 31.0 Å². The Hall–Kier alpha value is -4.43. The Morgan fingerprint density at radius 2 is 1.47 bits per heavy atom. The van der Waals surface area contributed by atoms with Gasteiger partial charge in [0.05, 0.1) is 7.11 Å². The number of anilines is 2. The van der Waals surface area contributed by atoms with E-state index in [1.165, 1.54) is 11.8 Å². The minimum absolute atomic E-state index is 0.158. The number of fused-ring (bicyclic) bond motifs is 1. The second kappa shape index (κ2) is 11.7. The molecule has 2 amide bonds. The Bertz CT molecular complexity index is 1410. The van der Waals surface area contributed by atoms with E-state index in [0.29, 0.717) is 47.4 Å². The van der Waals surface area contributed by atoms with Crippen molar-refractivity contribution in [2.24, 2.45) is 0 Å². The highest BCUT2D eigenvalue weighted by atomic mass is 32.2. The molecule has 38 heavy (non-hydrogen) atoms. The first kappa shape index (κ1) is 25.2. The van der Waals surface area contributed by atoms with E-state index in [4.69, 9.17) is 14.2 Å². The number of amides is 2. The van der Waals surface area contributed by atoms with Gasteiger partial charge in [-0.1, -0.05) is 30.3 Å². The minimum Gasteiger partial charge on any atom is -0.497 e. The van der Waals surface area contributed by atoms with Crippen LogP contribution in [0.4, 0.5) is 11.4 Å². The van der Waals surface area contributed by atoms with Crippen molar-refractivity contribution in [3.8, 4) is 17.2 Å². The molecule has 0 radical (unpaired) electrons. The summed E-state index contributed by atoms with van der Waals surface area (Å²) in [5.74, 6) is 1.60. The number of carbonyl (C=O) groups excluding carboxylic acids is 2. The lowest BCUT2D eigenvalue weighted by Crippen LogP contribution is -2.20. The number of thioether (sulfide) groups is 1. The number of methoxy groups -OCH3 is 1. The summed E-state index contributed by atoms with van der Waals surface area (Å²) >= 11 is 1.43. The molecule has 0 bridgehead atoms. The van der Waals surface area contributed by atoms with Gasteiger partial charge in [-0.3, -0.25) is 9.59 Å². The van der Waals surface area contributed by atoms with Crippen LogP contribution in [0.5, 0.6) is 17.2 Å². The second-order valence-corrected chi connectivity index (χ2v) is 9.64. The van der Waals surface area contributed by atoms with Gasteiger partial charge in [0, 0.05) is 27.9 Å². The zero-order chi connectivity index (χ0) is 26.3. The van der Waals surface area contributed by atoms with Crippen LogP contribution in [0.1, 0.15) is 21.2 Å². The number of hydrogen-bond acceptors (Lipinski definition) is 6. The molecular weight excluding hydrogens is 500 g/mol. The Labute approximate surface area is 225 Å². The van der Waals surface area contributed by atoms with Crippen LogP contribution < -0.4 is 24.8 Å². The predicted molar refractivity (Wildman–Crippen MR) is 148 cm³/mol. The molecule has 1 unspecified atom stereocenters. The zero-order valence-electron chi connectivity index (χ0n) is 20.7. The van der Waals surface area contributed by atoms with E-state index in [0.717, 1.165) is 10.5 Å². The highest BCUT2D eigenvalue weighted by molar-refractivity contribution is 8.00. The van der Waals surface area contributed by atoms with Gasteiger partial charge in [0.2, 0.25) is 5.91 Å². The van der Waals surface area contributed by atoms with Crippen LogP contribution >= 0.6 is 11.8 Å². The number of hydrogen-bond donors (Lipinski definition) is 2. The highest BCUT2D eigenvalue weighted by Gasteiger charge is 2.23. The van der Waals surface area contributed by atoms with E-state index in [-0.39, 0.29) is 11.8 Å². The van der Waals surface area contributed by atoms with Crippen molar-refractivity contribution < 1.29 is 23.8 Å². The quantitative estimate of drug-likeness (QED) is 0.266. The molecule has 0 saturated heterocycles. The first-order chi connectivity index (χ1) is 18.6. The van der Waals surface area contributed by atoms with Gasteiger partial charge in [-0.2, -0.15) is 0 Å². The van der Waals surface area contributed by atoms with Crippen molar-refractivity contribution >= 4 is 35.0 Å². The Morgan fingerprint density at radius 1 is 0.789 bits per heavy atom. The first-order valence-corrected chi connectivity index (χ1v) is 12.9. The average molecular weight is 527 g/mol. The SMILES string of the molecule is COc1ccc(C(=O)Nc2ccc(SC(C(=O)Nc3ccc4c(c3)OCCO4)c3ccccc3)cc2)cc1. The van der Waals surface area contributed by atoms with Crippen molar-refractivity contribution in [1.82, 2.24) is 0 Å². The summed E-state index contributed by atoms with van der Waals surface area (Å²) in [6, 6.07) is 29.3. The molecule has 4 aromatic rings. The monoisotopic (exact) mass is 526 g/mol. The molecule has 4 aromatic carbocycles. The van der Waals surface area contributed by atoms with E-state index in [9.17, 15) is 9.59 Å². The first-order valence-electron chi connectivity index (χ1n) is 12.1. The molecule has 2 N–H and O–H groups in total. The van der Waals surface area contributed by atoms with Crippen molar-refractivity contribution in [1.29, 1.82) is 0 Å². The van der Waals surface area contributed by atoms with Crippen LogP contribution in [-0.2, 0) is 4.79 Å². The lowest BCUT2D eigenvalue weighted by molar-refractivity contribution is -0.115. The zero-order valence-corrected chi connectivity index (χ0v) is 21.5. The molecule has 1 atom stereocenters. The van der Waals surface area contributed by atoms with Crippen LogP contribution in [0.25, 0.3) is 0 Å². The van der Waals surface area contributed by atoms with Crippen LogP contribution in [0.15, 0.2) is 102 Å². The fourth-order valence-corrected chi connectivity index (χ4v) is 4.95. The van der Waals surface area contributed by atoms with Crippen molar-refractivity contribution in [3.63, 3.8) is 0 Å². The largest absolute Gasteiger partial charge is 0.497 e. The third kappa shape index (κ3) is 6.10. The number of benzene rings is 4. The average Bonchev–Trinajstić information content (AvgIpc) is 2.97. The van der Waals surface area contributed by atoms with E-state index in [1.54, 1.807) is 49.6 Å². The predicted octanol–water partition coefficient (Wildman–Crippen LogP) is 6.19. The summed E-state index contributed by atoms with van der Waals surface area (Å²) in [6.45, 7) is 0.985. The molecule has 5 rings (SSSR count). The molecule has 7 nitrogen and oxygen atoms in total.